The highest BCUT2D eigenvalue weighted by molar-refractivity contribution is 6.18. The smallest absolute Gasteiger partial charge is 0.124 e. The zero-order chi connectivity index (χ0) is 26.3. The molecule has 0 N–H and O–H groups in total. The van der Waals surface area contributed by atoms with Gasteiger partial charge in [-0.1, -0.05) is 97.1 Å². The summed E-state index contributed by atoms with van der Waals surface area (Å²) < 4.78 is 11.5. The second-order valence-corrected chi connectivity index (χ2v) is 9.73. The number of ether oxygens (including phenoxy) is 2. The molecule has 3 heteroatoms. The van der Waals surface area contributed by atoms with Crippen molar-refractivity contribution in [2.45, 2.75) is 0 Å². The van der Waals surface area contributed by atoms with E-state index in [0.29, 0.717) is 0 Å². The molecule has 7 aromatic rings. The lowest BCUT2D eigenvalue weighted by Crippen LogP contribution is -2.12. The molecule has 0 unspecified atom stereocenters. The Balaban J connectivity index is 1.65. The molecule has 0 atom stereocenters. The third-order valence-electron chi connectivity index (χ3n) is 7.57. The second kappa shape index (κ2) is 9.38. The number of fused-ring (bicyclic) bond motifs is 6. The molecule has 0 spiro atoms. The lowest BCUT2D eigenvalue weighted by atomic mass is 9.96. The fraction of sp³-hybridized carbons (Fsp3) is 0.0556. The summed E-state index contributed by atoms with van der Waals surface area (Å²) in [4.78, 5) is 2.36. The van der Waals surface area contributed by atoms with Gasteiger partial charge in [-0.2, -0.15) is 0 Å². The Morgan fingerprint density at radius 3 is 1.23 bits per heavy atom. The maximum Gasteiger partial charge on any atom is 0.124 e. The van der Waals surface area contributed by atoms with Crippen molar-refractivity contribution in [3.05, 3.63) is 127 Å². The number of benzene rings is 7. The van der Waals surface area contributed by atoms with Crippen molar-refractivity contribution in [2.24, 2.45) is 0 Å². The molecule has 0 aliphatic heterocycles. The van der Waals surface area contributed by atoms with Gasteiger partial charge in [0.2, 0.25) is 0 Å². The molecule has 0 radical (unpaired) electrons. The number of methoxy groups -OCH3 is 2. The summed E-state index contributed by atoms with van der Waals surface area (Å²) in [5.74, 6) is 1.48. The van der Waals surface area contributed by atoms with E-state index in [9.17, 15) is 0 Å². The van der Waals surface area contributed by atoms with Gasteiger partial charge < -0.3 is 14.4 Å². The highest BCUT2D eigenvalue weighted by Crippen LogP contribution is 2.47. The minimum absolute atomic E-state index is 0.740. The van der Waals surface area contributed by atoms with Crippen LogP contribution in [0.15, 0.2) is 127 Å². The van der Waals surface area contributed by atoms with E-state index in [1.807, 2.05) is 6.07 Å². The number of rotatable bonds is 5. The maximum absolute atomic E-state index is 5.73. The Morgan fingerprint density at radius 2 is 0.795 bits per heavy atom. The molecule has 3 nitrogen and oxygen atoms in total. The Hall–Kier alpha value is -5.02. The van der Waals surface area contributed by atoms with Gasteiger partial charge in [-0.3, -0.25) is 0 Å². The SMILES string of the molecule is COc1cc(OC)cc(N(c2cc3ccccc3c3ccccc23)c2cc3ccccc3c3ccccc23)c1. The van der Waals surface area contributed by atoms with Crippen LogP contribution in [0.4, 0.5) is 17.1 Å². The van der Waals surface area contributed by atoms with Crippen molar-refractivity contribution in [3.8, 4) is 11.5 Å². The van der Waals surface area contributed by atoms with Gasteiger partial charge >= 0.3 is 0 Å². The van der Waals surface area contributed by atoms with Crippen molar-refractivity contribution in [1.29, 1.82) is 0 Å². The maximum atomic E-state index is 5.73. The average molecular weight is 506 g/mol. The van der Waals surface area contributed by atoms with Crippen LogP contribution in [0.3, 0.4) is 0 Å². The Morgan fingerprint density at radius 1 is 0.410 bits per heavy atom. The minimum Gasteiger partial charge on any atom is -0.497 e. The zero-order valence-corrected chi connectivity index (χ0v) is 21.9. The lowest BCUT2D eigenvalue weighted by Gasteiger charge is -2.30. The minimum atomic E-state index is 0.740. The van der Waals surface area contributed by atoms with E-state index in [4.69, 9.17) is 9.47 Å². The van der Waals surface area contributed by atoms with E-state index in [1.54, 1.807) is 14.2 Å². The summed E-state index contributed by atoms with van der Waals surface area (Å²) in [5, 5.41) is 9.65. The van der Waals surface area contributed by atoms with Crippen LogP contribution in [0.5, 0.6) is 11.5 Å². The van der Waals surface area contributed by atoms with Crippen molar-refractivity contribution in [2.75, 3.05) is 19.1 Å². The molecule has 0 bridgehead atoms. The summed E-state index contributed by atoms with van der Waals surface area (Å²) in [5.41, 5.74) is 3.16. The second-order valence-electron chi connectivity index (χ2n) is 9.73. The van der Waals surface area contributed by atoms with Crippen molar-refractivity contribution < 1.29 is 9.47 Å². The number of hydrogen-bond donors (Lipinski definition) is 0. The molecular formula is C36H27NO2. The molecule has 0 saturated carbocycles. The van der Waals surface area contributed by atoms with E-state index in [2.05, 4.69) is 126 Å². The topological polar surface area (TPSA) is 21.7 Å². The van der Waals surface area contributed by atoms with Crippen LogP contribution in [0.25, 0.3) is 43.1 Å². The van der Waals surface area contributed by atoms with Gasteiger partial charge in [-0.15, -0.1) is 0 Å². The van der Waals surface area contributed by atoms with Gasteiger partial charge in [0.25, 0.3) is 0 Å². The van der Waals surface area contributed by atoms with E-state index in [0.717, 1.165) is 28.6 Å². The van der Waals surface area contributed by atoms with Gasteiger partial charge in [-0.25, -0.2) is 0 Å². The summed E-state index contributed by atoms with van der Waals surface area (Å²) in [7, 11) is 3.39. The zero-order valence-electron chi connectivity index (χ0n) is 21.9. The molecule has 188 valence electrons. The van der Waals surface area contributed by atoms with Crippen LogP contribution in [0, 0.1) is 0 Å². The first-order valence-corrected chi connectivity index (χ1v) is 13.1. The van der Waals surface area contributed by atoms with E-state index in [-0.39, 0.29) is 0 Å². The quantitative estimate of drug-likeness (QED) is 0.217. The van der Waals surface area contributed by atoms with Crippen LogP contribution < -0.4 is 14.4 Å². The number of nitrogens with zero attached hydrogens (tertiary/aromatic N) is 1. The van der Waals surface area contributed by atoms with Gasteiger partial charge in [0.1, 0.15) is 11.5 Å². The molecule has 7 aromatic carbocycles. The molecule has 39 heavy (non-hydrogen) atoms. The summed E-state index contributed by atoms with van der Waals surface area (Å²) in [6.07, 6.45) is 0. The Kier molecular flexibility index (Phi) is 5.56. The molecular weight excluding hydrogens is 478 g/mol. The first-order valence-electron chi connectivity index (χ1n) is 13.1. The average Bonchev–Trinajstić information content (AvgIpc) is 3.01. The van der Waals surface area contributed by atoms with E-state index in [1.165, 1.54) is 43.1 Å². The van der Waals surface area contributed by atoms with Gasteiger partial charge in [-0.05, 0) is 44.5 Å². The highest BCUT2D eigenvalue weighted by Gasteiger charge is 2.21. The molecule has 0 aromatic heterocycles. The van der Waals surface area contributed by atoms with Crippen molar-refractivity contribution >= 4 is 60.2 Å². The number of hydrogen-bond acceptors (Lipinski definition) is 3. The lowest BCUT2D eigenvalue weighted by molar-refractivity contribution is 0.394. The van der Waals surface area contributed by atoms with Crippen LogP contribution >= 0.6 is 0 Å². The van der Waals surface area contributed by atoms with Crippen LogP contribution in [-0.2, 0) is 0 Å². The standard InChI is InChI=1S/C36H27NO2/c1-38-27-21-26(22-28(23-27)39-2)37(35-19-24-11-3-5-13-29(24)31-15-7-9-17-33(31)35)36-20-25-12-4-6-14-30(25)32-16-8-10-18-34(32)36/h3-23H,1-2H3. The third kappa shape index (κ3) is 3.82. The van der Waals surface area contributed by atoms with E-state index >= 15 is 0 Å². The van der Waals surface area contributed by atoms with Crippen molar-refractivity contribution in [1.82, 2.24) is 0 Å². The molecule has 0 heterocycles. The van der Waals surface area contributed by atoms with Crippen LogP contribution in [0.2, 0.25) is 0 Å². The third-order valence-corrected chi connectivity index (χ3v) is 7.57. The molecule has 0 saturated heterocycles. The van der Waals surface area contributed by atoms with Crippen LogP contribution in [0.1, 0.15) is 0 Å². The normalized spacial score (nSPS) is 11.3. The fourth-order valence-electron chi connectivity index (χ4n) is 5.77. The summed E-state index contributed by atoms with van der Waals surface area (Å²) >= 11 is 0. The molecule has 7 rings (SSSR count). The summed E-state index contributed by atoms with van der Waals surface area (Å²) in [6.45, 7) is 0. The summed E-state index contributed by atoms with van der Waals surface area (Å²) in [6, 6.07) is 45.2. The molecule has 0 aliphatic rings. The molecule has 0 fully saturated rings. The largest absolute Gasteiger partial charge is 0.497 e. The number of anilines is 3. The predicted molar refractivity (Wildman–Crippen MR) is 164 cm³/mol. The van der Waals surface area contributed by atoms with Crippen molar-refractivity contribution in [3.63, 3.8) is 0 Å². The predicted octanol–water partition coefficient (Wildman–Crippen LogP) is 9.79. The highest BCUT2D eigenvalue weighted by atomic mass is 16.5. The Bertz CT molecular complexity index is 1870. The first kappa shape index (κ1) is 23.1. The monoisotopic (exact) mass is 505 g/mol. The first-order chi connectivity index (χ1) is 19.2. The van der Waals surface area contributed by atoms with E-state index < -0.39 is 0 Å². The Labute approximate surface area is 227 Å². The van der Waals surface area contributed by atoms with Gasteiger partial charge in [0.05, 0.1) is 31.3 Å². The van der Waals surface area contributed by atoms with Gasteiger partial charge in [0.15, 0.2) is 0 Å². The fourth-order valence-corrected chi connectivity index (χ4v) is 5.77. The molecule has 0 aliphatic carbocycles. The van der Waals surface area contributed by atoms with Crippen LogP contribution in [-0.4, -0.2) is 14.2 Å². The molecule has 0 amide bonds. The van der Waals surface area contributed by atoms with Gasteiger partial charge in [0, 0.05) is 29.0 Å².